The van der Waals surface area contributed by atoms with Crippen molar-refractivity contribution in [2.45, 2.75) is 44.7 Å². The molecule has 0 bridgehead atoms. The molecule has 4 heteroatoms. The van der Waals surface area contributed by atoms with E-state index < -0.39 is 11.7 Å². The summed E-state index contributed by atoms with van der Waals surface area (Å²) in [6.45, 7) is 0. The van der Waals surface area contributed by atoms with Crippen LogP contribution in [0.3, 0.4) is 0 Å². The highest BCUT2D eigenvalue weighted by molar-refractivity contribution is 5.78. The van der Waals surface area contributed by atoms with Gasteiger partial charge in [-0.05, 0) is 42.9 Å². The Hall–Kier alpha value is -1.32. The second-order valence-electron chi connectivity index (χ2n) is 5.25. The SMILES string of the molecule is O=C1CCCCC(Cc2ccc(C(F)(F)F)cc2)C1. The first kappa shape index (κ1) is 14.1. The lowest BCUT2D eigenvalue weighted by atomic mass is 9.92. The second kappa shape index (κ2) is 5.76. The first-order chi connectivity index (χ1) is 8.95. The summed E-state index contributed by atoms with van der Waals surface area (Å²) in [6, 6.07) is 5.29. The average molecular weight is 270 g/mol. The van der Waals surface area contributed by atoms with Gasteiger partial charge in [0.15, 0.2) is 0 Å². The Morgan fingerprint density at radius 3 is 2.42 bits per heavy atom. The maximum atomic E-state index is 12.4. The highest BCUT2D eigenvalue weighted by atomic mass is 19.4. The molecule has 1 saturated carbocycles. The Balaban J connectivity index is 2.01. The molecule has 1 aromatic carbocycles. The summed E-state index contributed by atoms with van der Waals surface area (Å²) < 4.78 is 37.3. The van der Waals surface area contributed by atoms with Crippen LogP contribution in [0.4, 0.5) is 13.2 Å². The van der Waals surface area contributed by atoms with Gasteiger partial charge in [0.25, 0.3) is 0 Å². The fourth-order valence-corrected chi connectivity index (χ4v) is 2.62. The largest absolute Gasteiger partial charge is 0.416 e. The molecule has 0 amide bonds. The van der Waals surface area contributed by atoms with E-state index in [9.17, 15) is 18.0 Å². The molecule has 0 radical (unpaired) electrons. The molecule has 0 aliphatic heterocycles. The van der Waals surface area contributed by atoms with Crippen molar-refractivity contribution < 1.29 is 18.0 Å². The molecule has 1 fully saturated rings. The molecule has 19 heavy (non-hydrogen) atoms. The molecule has 1 aliphatic carbocycles. The number of ketones is 1. The third-order valence-corrected chi connectivity index (χ3v) is 3.64. The Morgan fingerprint density at radius 1 is 1.11 bits per heavy atom. The van der Waals surface area contributed by atoms with Gasteiger partial charge in [-0.1, -0.05) is 18.6 Å². The smallest absolute Gasteiger partial charge is 0.300 e. The number of benzene rings is 1. The normalized spacial score (nSPS) is 21.2. The van der Waals surface area contributed by atoms with Crippen LogP contribution in [-0.4, -0.2) is 5.78 Å². The van der Waals surface area contributed by atoms with Gasteiger partial charge in [-0.25, -0.2) is 0 Å². The van der Waals surface area contributed by atoms with Gasteiger partial charge in [0, 0.05) is 12.8 Å². The first-order valence-electron chi connectivity index (χ1n) is 6.63. The standard InChI is InChI=1S/C15H17F3O/c16-15(17,18)13-7-5-11(6-8-13)9-12-3-1-2-4-14(19)10-12/h5-8,12H,1-4,9-10H2. The minimum Gasteiger partial charge on any atom is -0.300 e. The monoisotopic (exact) mass is 270 g/mol. The molecule has 1 nitrogen and oxygen atoms in total. The summed E-state index contributed by atoms with van der Waals surface area (Å²) in [5.74, 6) is 0.571. The maximum Gasteiger partial charge on any atom is 0.416 e. The zero-order chi connectivity index (χ0) is 13.9. The third-order valence-electron chi connectivity index (χ3n) is 3.64. The number of hydrogen-bond acceptors (Lipinski definition) is 1. The van der Waals surface area contributed by atoms with Crippen LogP contribution in [0.5, 0.6) is 0 Å². The molecule has 0 heterocycles. The molecular weight excluding hydrogens is 253 g/mol. The van der Waals surface area contributed by atoms with Crippen LogP contribution in [0, 0.1) is 5.92 Å². The van der Waals surface area contributed by atoms with Crippen LogP contribution in [-0.2, 0) is 17.4 Å². The van der Waals surface area contributed by atoms with E-state index in [4.69, 9.17) is 0 Å². The van der Waals surface area contributed by atoms with E-state index in [1.165, 1.54) is 12.1 Å². The van der Waals surface area contributed by atoms with Gasteiger partial charge in [0.05, 0.1) is 5.56 Å². The van der Waals surface area contributed by atoms with Crippen molar-refractivity contribution >= 4 is 5.78 Å². The molecule has 0 aromatic heterocycles. The van der Waals surface area contributed by atoms with Crippen molar-refractivity contribution in [1.82, 2.24) is 0 Å². The quantitative estimate of drug-likeness (QED) is 0.728. The molecule has 1 aliphatic rings. The van der Waals surface area contributed by atoms with Gasteiger partial charge in [0.1, 0.15) is 5.78 Å². The Labute approximate surface area is 110 Å². The molecule has 0 saturated heterocycles. The summed E-state index contributed by atoms with van der Waals surface area (Å²) in [5.41, 5.74) is 0.265. The van der Waals surface area contributed by atoms with Crippen molar-refractivity contribution in [3.63, 3.8) is 0 Å². The predicted molar refractivity (Wildman–Crippen MR) is 66.7 cm³/mol. The van der Waals surface area contributed by atoms with E-state index >= 15 is 0 Å². The lowest BCUT2D eigenvalue weighted by molar-refractivity contribution is -0.137. The minimum atomic E-state index is -4.28. The molecule has 1 aromatic rings. The van der Waals surface area contributed by atoms with Crippen LogP contribution in [0.15, 0.2) is 24.3 Å². The lowest BCUT2D eigenvalue weighted by Crippen LogP contribution is -2.09. The number of carbonyl (C=O) groups is 1. The van der Waals surface area contributed by atoms with Crippen molar-refractivity contribution in [2.24, 2.45) is 5.92 Å². The Kier molecular flexibility index (Phi) is 4.27. The Morgan fingerprint density at radius 2 is 1.79 bits per heavy atom. The van der Waals surface area contributed by atoms with E-state index in [0.717, 1.165) is 37.0 Å². The topological polar surface area (TPSA) is 17.1 Å². The summed E-state index contributed by atoms with van der Waals surface area (Å²) in [6.07, 6.45) is 0.622. The molecule has 0 spiro atoms. The van der Waals surface area contributed by atoms with E-state index in [1.807, 2.05) is 0 Å². The van der Waals surface area contributed by atoms with Crippen LogP contribution in [0.1, 0.15) is 43.2 Å². The molecule has 104 valence electrons. The van der Waals surface area contributed by atoms with E-state index in [0.29, 0.717) is 19.3 Å². The van der Waals surface area contributed by atoms with Gasteiger partial charge >= 0.3 is 6.18 Å². The van der Waals surface area contributed by atoms with Crippen molar-refractivity contribution in [3.8, 4) is 0 Å². The van der Waals surface area contributed by atoms with Crippen LogP contribution >= 0.6 is 0 Å². The summed E-state index contributed by atoms with van der Waals surface area (Å²) in [5, 5.41) is 0. The predicted octanol–water partition coefficient (Wildman–Crippen LogP) is 4.40. The number of rotatable bonds is 2. The lowest BCUT2D eigenvalue weighted by Gasteiger charge is -2.14. The summed E-state index contributed by atoms with van der Waals surface area (Å²) in [7, 11) is 0. The fraction of sp³-hybridized carbons (Fsp3) is 0.533. The van der Waals surface area contributed by atoms with Crippen molar-refractivity contribution in [1.29, 1.82) is 0 Å². The van der Waals surface area contributed by atoms with Gasteiger partial charge in [0.2, 0.25) is 0 Å². The number of hydrogen-bond donors (Lipinski definition) is 0. The molecule has 1 atom stereocenters. The van der Waals surface area contributed by atoms with E-state index in [2.05, 4.69) is 0 Å². The average Bonchev–Trinajstić information content (AvgIpc) is 2.53. The van der Waals surface area contributed by atoms with Crippen molar-refractivity contribution in [2.75, 3.05) is 0 Å². The van der Waals surface area contributed by atoms with Gasteiger partial charge in [-0.15, -0.1) is 0 Å². The number of carbonyl (C=O) groups excluding carboxylic acids is 1. The van der Waals surface area contributed by atoms with Crippen LogP contribution in [0.25, 0.3) is 0 Å². The number of alkyl halides is 3. The maximum absolute atomic E-state index is 12.4. The fourth-order valence-electron chi connectivity index (χ4n) is 2.62. The summed E-state index contributed by atoms with van der Waals surface area (Å²) >= 11 is 0. The van der Waals surface area contributed by atoms with Gasteiger partial charge in [-0.2, -0.15) is 13.2 Å². The minimum absolute atomic E-state index is 0.284. The highest BCUT2D eigenvalue weighted by Crippen LogP contribution is 2.30. The molecule has 2 rings (SSSR count). The van der Waals surface area contributed by atoms with Gasteiger partial charge in [-0.3, -0.25) is 4.79 Å². The first-order valence-corrected chi connectivity index (χ1v) is 6.63. The Bertz CT molecular complexity index is 434. The molecule has 0 N–H and O–H groups in total. The summed E-state index contributed by atoms with van der Waals surface area (Å²) in [4.78, 5) is 11.5. The van der Waals surface area contributed by atoms with E-state index in [1.54, 1.807) is 0 Å². The molecule has 1 unspecified atom stereocenters. The van der Waals surface area contributed by atoms with Gasteiger partial charge < -0.3 is 0 Å². The second-order valence-corrected chi connectivity index (χ2v) is 5.25. The molecular formula is C15H17F3O. The zero-order valence-electron chi connectivity index (χ0n) is 10.7. The van der Waals surface area contributed by atoms with Crippen LogP contribution < -0.4 is 0 Å². The van der Waals surface area contributed by atoms with Crippen LogP contribution in [0.2, 0.25) is 0 Å². The zero-order valence-corrected chi connectivity index (χ0v) is 10.7. The number of halogens is 3. The highest BCUT2D eigenvalue weighted by Gasteiger charge is 2.30. The third kappa shape index (κ3) is 4.08. The van der Waals surface area contributed by atoms with Crippen molar-refractivity contribution in [3.05, 3.63) is 35.4 Å². The number of Topliss-reactive ketones (excluding diaryl/α,β-unsaturated/α-hetero) is 1. The van der Waals surface area contributed by atoms with E-state index in [-0.39, 0.29) is 11.7 Å².